The Morgan fingerprint density at radius 1 is 0.667 bits per heavy atom. The van der Waals surface area contributed by atoms with Crippen LogP contribution in [0.3, 0.4) is 0 Å². The maximum atomic E-state index is 2.26. The summed E-state index contributed by atoms with van der Waals surface area (Å²) in [6.45, 7) is 0. The zero-order valence-electron chi connectivity index (χ0n) is 7.69. The van der Waals surface area contributed by atoms with Crippen LogP contribution in [0.5, 0.6) is 0 Å². The van der Waals surface area contributed by atoms with Crippen molar-refractivity contribution >= 4 is 61.6 Å². The minimum Gasteiger partial charge on any atom is -0.134 e. The van der Waals surface area contributed by atoms with E-state index in [0.29, 0.717) is 0 Å². The van der Waals surface area contributed by atoms with Gasteiger partial charge in [-0.2, -0.15) is 0 Å². The summed E-state index contributed by atoms with van der Waals surface area (Å²) in [5.41, 5.74) is 0. The molecule has 4 aromatic rings. The molecule has 0 saturated heterocycles. The molecule has 3 heteroatoms. The number of rotatable bonds is 0. The van der Waals surface area contributed by atoms with E-state index in [1.165, 1.54) is 29.6 Å². The molecule has 0 bridgehead atoms. The highest BCUT2D eigenvalue weighted by molar-refractivity contribution is 7.79. The van der Waals surface area contributed by atoms with Crippen molar-refractivity contribution in [1.29, 1.82) is 0 Å². The van der Waals surface area contributed by atoms with Gasteiger partial charge in [0, 0.05) is 15.5 Å². The highest BCUT2D eigenvalue weighted by atomic mass is 32.9. The minimum atomic E-state index is 1.40. The molecule has 0 fully saturated rings. The lowest BCUT2D eigenvalue weighted by molar-refractivity contribution is 1.87. The van der Waals surface area contributed by atoms with Gasteiger partial charge in [0.2, 0.25) is 0 Å². The number of hydrogen-bond donors (Lipinski definition) is 0. The molecule has 4 rings (SSSR count). The van der Waals surface area contributed by atoms with Gasteiger partial charge in [-0.05, 0) is 12.1 Å². The van der Waals surface area contributed by atoms with Gasteiger partial charge >= 0.3 is 0 Å². The molecule has 0 aliphatic rings. The average molecular weight is 246 g/mol. The minimum absolute atomic E-state index is 1.40. The number of fused-ring (bicyclic) bond motifs is 5. The Morgan fingerprint density at radius 3 is 2.47 bits per heavy atom. The maximum absolute atomic E-state index is 2.26. The van der Waals surface area contributed by atoms with Crippen LogP contribution in [0.1, 0.15) is 0 Å². The van der Waals surface area contributed by atoms with Crippen molar-refractivity contribution in [3.63, 3.8) is 0 Å². The first-order valence-corrected chi connectivity index (χ1v) is 7.69. The number of thiophene rings is 1. The van der Waals surface area contributed by atoms with Crippen molar-refractivity contribution in [3.8, 4) is 0 Å². The van der Waals surface area contributed by atoms with Gasteiger partial charge in [-0.25, -0.2) is 0 Å². The predicted molar refractivity (Wildman–Crippen MR) is 72.6 cm³/mol. The molecule has 0 aliphatic carbocycles. The van der Waals surface area contributed by atoms with E-state index in [9.17, 15) is 0 Å². The fraction of sp³-hybridized carbons (Fsp3) is 0. The highest BCUT2D eigenvalue weighted by Crippen LogP contribution is 2.44. The largest absolute Gasteiger partial charge is 0.134 e. The van der Waals surface area contributed by atoms with E-state index in [-0.39, 0.29) is 0 Å². The molecule has 0 N–H and O–H groups in total. The van der Waals surface area contributed by atoms with Gasteiger partial charge in [0.25, 0.3) is 0 Å². The van der Waals surface area contributed by atoms with Crippen LogP contribution in [-0.2, 0) is 0 Å². The molecule has 0 aliphatic heterocycles. The average Bonchev–Trinajstić information content (AvgIpc) is 2.56. The van der Waals surface area contributed by atoms with Crippen molar-refractivity contribution < 1.29 is 0 Å². The Bertz CT molecular complexity index is 770. The Morgan fingerprint density at radius 2 is 1.60 bits per heavy atom. The smallest absolute Gasteiger partial charge is 0.0736 e. The number of benzene rings is 2. The zero-order chi connectivity index (χ0) is 9.83. The zero-order valence-corrected chi connectivity index (χ0v) is 10.1. The summed E-state index contributed by atoms with van der Waals surface area (Å²) in [5.74, 6) is 0. The highest BCUT2D eigenvalue weighted by Gasteiger charge is 2.10. The monoisotopic (exact) mass is 246 g/mol. The van der Waals surface area contributed by atoms with Crippen molar-refractivity contribution in [2.75, 3.05) is 0 Å². The molecular formula is C12H6S3. The topological polar surface area (TPSA) is 0 Å². The second kappa shape index (κ2) is 2.82. The summed E-state index contributed by atoms with van der Waals surface area (Å²) in [5, 5.41) is 2.82. The summed E-state index contributed by atoms with van der Waals surface area (Å²) in [4.78, 5) is 0. The molecule has 2 aromatic heterocycles. The molecule has 0 saturated carbocycles. The lowest BCUT2D eigenvalue weighted by atomic mass is 10.1. The second-order valence-electron chi connectivity index (χ2n) is 3.53. The molecule has 0 atom stereocenters. The lowest BCUT2D eigenvalue weighted by Crippen LogP contribution is -1.68. The van der Waals surface area contributed by atoms with Crippen molar-refractivity contribution in [2.45, 2.75) is 0 Å². The van der Waals surface area contributed by atoms with Crippen LogP contribution >= 0.6 is 32.0 Å². The molecule has 0 radical (unpaired) electrons. The molecule has 2 aromatic carbocycles. The fourth-order valence-corrected chi connectivity index (χ4v) is 5.51. The molecule has 15 heavy (non-hydrogen) atoms. The summed E-state index contributed by atoms with van der Waals surface area (Å²) in [6, 6.07) is 13.2. The van der Waals surface area contributed by atoms with E-state index in [1.54, 1.807) is 0 Å². The maximum Gasteiger partial charge on any atom is 0.0736 e. The first kappa shape index (κ1) is 8.28. The predicted octanol–water partition coefficient (Wildman–Crippen LogP) is 5.33. The standard InChI is InChI=1S/C12H6S3/c1-2-4-9-7(3-1)8-5-6-10-12(15-14-10)11(8)13-9/h1-6H. The summed E-state index contributed by atoms with van der Waals surface area (Å²) in [7, 11) is 3.78. The van der Waals surface area contributed by atoms with Crippen LogP contribution in [0.2, 0.25) is 0 Å². The van der Waals surface area contributed by atoms with Crippen LogP contribution in [0, 0.1) is 0 Å². The third-order valence-corrected chi connectivity index (χ3v) is 6.63. The van der Waals surface area contributed by atoms with Crippen molar-refractivity contribution in [1.82, 2.24) is 0 Å². The second-order valence-corrected chi connectivity index (χ2v) is 6.77. The van der Waals surface area contributed by atoms with Crippen LogP contribution in [0.4, 0.5) is 0 Å². The lowest BCUT2D eigenvalue weighted by Gasteiger charge is -1.99. The Balaban J connectivity index is 2.38. The Hall–Kier alpha value is -0.900. The van der Waals surface area contributed by atoms with E-state index in [4.69, 9.17) is 0 Å². The molecule has 0 spiro atoms. The Kier molecular flexibility index (Phi) is 1.55. The molecule has 0 unspecified atom stereocenters. The van der Waals surface area contributed by atoms with Crippen LogP contribution < -0.4 is 0 Å². The summed E-state index contributed by atoms with van der Waals surface area (Å²) >= 11 is 1.92. The quantitative estimate of drug-likeness (QED) is 0.368. The van der Waals surface area contributed by atoms with E-state index in [0.717, 1.165) is 0 Å². The molecular weight excluding hydrogens is 240 g/mol. The van der Waals surface area contributed by atoms with E-state index in [2.05, 4.69) is 36.4 Å². The van der Waals surface area contributed by atoms with Crippen LogP contribution in [0.25, 0.3) is 29.6 Å². The summed E-state index contributed by atoms with van der Waals surface area (Å²) in [6.07, 6.45) is 0. The van der Waals surface area contributed by atoms with Crippen LogP contribution in [0.15, 0.2) is 36.4 Å². The SMILES string of the molecule is c1ccc2c(c1)sc1c2ccc2ssc21. The normalized spacial score (nSPS) is 12.0. The Labute approximate surface area is 97.8 Å². The first-order chi connectivity index (χ1) is 7.43. The van der Waals surface area contributed by atoms with Gasteiger partial charge < -0.3 is 0 Å². The van der Waals surface area contributed by atoms with E-state index >= 15 is 0 Å². The summed E-state index contributed by atoms with van der Waals surface area (Å²) < 4.78 is 5.80. The third-order valence-electron chi connectivity index (χ3n) is 2.68. The van der Waals surface area contributed by atoms with Gasteiger partial charge in [0.1, 0.15) is 0 Å². The van der Waals surface area contributed by atoms with Gasteiger partial charge in [-0.1, -0.05) is 44.9 Å². The van der Waals surface area contributed by atoms with Crippen molar-refractivity contribution in [2.24, 2.45) is 0 Å². The molecule has 0 nitrogen and oxygen atoms in total. The molecule has 72 valence electrons. The van der Waals surface area contributed by atoms with E-state index in [1.807, 2.05) is 32.0 Å². The van der Waals surface area contributed by atoms with Crippen molar-refractivity contribution in [3.05, 3.63) is 36.4 Å². The first-order valence-electron chi connectivity index (χ1n) is 4.72. The molecule has 2 heterocycles. The van der Waals surface area contributed by atoms with Gasteiger partial charge in [-0.3, -0.25) is 0 Å². The fourth-order valence-electron chi connectivity index (χ4n) is 1.94. The molecule has 0 amide bonds. The van der Waals surface area contributed by atoms with Crippen LogP contribution in [-0.4, -0.2) is 0 Å². The third kappa shape index (κ3) is 1.00. The van der Waals surface area contributed by atoms with Gasteiger partial charge in [0.15, 0.2) is 0 Å². The van der Waals surface area contributed by atoms with E-state index < -0.39 is 0 Å². The van der Waals surface area contributed by atoms with Gasteiger partial charge in [-0.15, -0.1) is 11.3 Å². The van der Waals surface area contributed by atoms with Gasteiger partial charge in [0.05, 0.1) is 14.1 Å². The number of hydrogen-bond acceptors (Lipinski definition) is 3.